The van der Waals surface area contributed by atoms with Crippen LogP contribution in [0.2, 0.25) is 0 Å². The minimum atomic E-state index is -0.550. The second kappa shape index (κ2) is 2.94. The molecule has 1 heterocycles. The van der Waals surface area contributed by atoms with Gasteiger partial charge in [0.1, 0.15) is 0 Å². The van der Waals surface area contributed by atoms with E-state index < -0.39 is 17.8 Å². The number of carbonyl (C=O) groups excluding carboxylic acids is 3. The molecule has 14 heavy (non-hydrogen) atoms. The first-order valence-corrected chi connectivity index (χ1v) is 4.35. The smallest absolute Gasteiger partial charge is 0.329 e. The van der Waals surface area contributed by atoms with Gasteiger partial charge < -0.3 is 4.84 Å². The number of amides is 2. The van der Waals surface area contributed by atoms with E-state index in [1.165, 1.54) is 0 Å². The number of nitrogens with zero attached hydrogens (tertiary/aromatic N) is 1. The molecule has 1 saturated heterocycles. The summed E-state index contributed by atoms with van der Waals surface area (Å²) in [6, 6.07) is 0. The van der Waals surface area contributed by atoms with Crippen molar-refractivity contribution in [2.75, 3.05) is 0 Å². The Hall–Kier alpha value is -1.65. The molecule has 1 aliphatic carbocycles. The number of carbonyl (C=O) groups is 3. The lowest BCUT2D eigenvalue weighted by atomic mass is 10.3. The molecule has 0 bridgehead atoms. The Morgan fingerprint density at radius 2 is 1.93 bits per heavy atom. The van der Waals surface area contributed by atoms with E-state index in [2.05, 4.69) is 4.84 Å². The SMILES string of the molecule is CC1=CC1C(=O)ON1C(=O)CCC1=O. The monoisotopic (exact) mass is 195 g/mol. The molecule has 0 spiro atoms. The van der Waals surface area contributed by atoms with E-state index in [0.29, 0.717) is 5.06 Å². The van der Waals surface area contributed by atoms with Crippen LogP contribution in [-0.2, 0) is 19.2 Å². The summed E-state index contributed by atoms with van der Waals surface area (Å²) in [5, 5.41) is 0.571. The van der Waals surface area contributed by atoms with E-state index in [4.69, 9.17) is 0 Å². The molecule has 0 N–H and O–H groups in total. The molecule has 0 aromatic heterocycles. The first-order chi connectivity index (χ1) is 6.59. The predicted molar refractivity (Wildman–Crippen MR) is 44.4 cm³/mol. The van der Waals surface area contributed by atoms with Crippen LogP contribution in [0, 0.1) is 5.92 Å². The maximum atomic E-state index is 11.2. The van der Waals surface area contributed by atoms with Crippen LogP contribution in [-0.4, -0.2) is 22.8 Å². The summed E-state index contributed by atoms with van der Waals surface area (Å²) < 4.78 is 0. The van der Waals surface area contributed by atoms with Gasteiger partial charge in [-0.2, -0.15) is 0 Å². The van der Waals surface area contributed by atoms with Crippen molar-refractivity contribution in [2.24, 2.45) is 5.92 Å². The molecule has 2 amide bonds. The van der Waals surface area contributed by atoms with Gasteiger partial charge in [0.15, 0.2) is 0 Å². The third-order valence-electron chi connectivity index (χ3n) is 2.25. The van der Waals surface area contributed by atoms with Crippen LogP contribution in [0.3, 0.4) is 0 Å². The summed E-state index contributed by atoms with van der Waals surface area (Å²) in [6.07, 6.45) is 1.97. The molecule has 74 valence electrons. The summed E-state index contributed by atoms with van der Waals surface area (Å²) in [6.45, 7) is 1.79. The van der Waals surface area contributed by atoms with Crippen LogP contribution >= 0.6 is 0 Å². The Labute approximate surface area is 80.3 Å². The second-order valence-corrected chi connectivity index (χ2v) is 3.38. The van der Waals surface area contributed by atoms with Crippen molar-refractivity contribution in [1.29, 1.82) is 0 Å². The van der Waals surface area contributed by atoms with Crippen LogP contribution in [0.4, 0.5) is 0 Å². The molecule has 5 nitrogen and oxygen atoms in total. The van der Waals surface area contributed by atoms with Gasteiger partial charge in [-0.15, -0.1) is 5.06 Å². The first kappa shape index (κ1) is 8.93. The maximum Gasteiger partial charge on any atom is 0.344 e. The number of hydroxylamine groups is 2. The summed E-state index contributed by atoms with van der Waals surface area (Å²) in [5.74, 6) is -1.77. The van der Waals surface area contributed by atoms with Gasteiger partial charge in [0.25, 0.3) is 11.8 Å². The zero-order valence-electron chi connectivity index (χ0n) is 7.65. The highest BCUT2D eigenvalue weighted by molar-refractivity contribution is 6.02. The van der Waals surface area contributed by atoms with Gasteiger partial charge in [0.05, 0.1) is 5.92 Å². The fourth-order valence-electron chi connectivity index (χ4n) is 1.27. The predicted octanol–water partition coefficient (Wildman–Crippen LogP) is 0.170. The van der Waals surface area contributed by atoms with Crippen molar-refractivity contribution in [1.82, 2.24) is 5.06 Å². The minimum Gasteiger partial charge on any atom is -0.329 e. The van der Waals surface area contributed by atoms with Crippen molar-refractivity contribution in [3.8, 4) is 0 Å². The lowest BCUT2D eigenvalue weighted by Gasteiger charge is -2.12. The molecule has 0 aromatic carbocycles. The standard InChI is InChI=1S/C9H9NO4/c1-5-4-6(5)9(13)14-10-7(11)2-3-8(10)12/h4,6H,2-3H2,1H3. The molecule has 0 aromatic rings. The molecule has 0 saturated carbocycles. The van der Waals surface area contributed by atoms with Gasteiger partial charge in [-0.05, 0) is 6.92 Å². The lowest BCUT2D eigenvalue weighted by molar-refractivity contribution is -0.198. The fraction of sp³-hybridized carbons (Fsp3) is 0.444. The highest BCUT2D eigenvalue weighted by Gasteiger charge is 2.37. The van der Waals surface area contributed by atoms with Crippen LogP contribution in [0.1, 0.15) is 19.8 Å². The summed E-state index contributed by atoms with van der Waals surface area (Å²) in [4.78, 5) is 38.0. The van der Waals surface area contributed by atoms with Gasteiger partial charge in [-0.25, -0.2) is 4.79 Å². The third kappa shape index (κ3) is 1.41. The van der Waals surface area contributed by atoms with Crippen molar-refractivity contribution < 1.29 is 19.2 Å². The molecule has 2 rings (SSSR count). The van der Waals surface area contributed by atoms with E-state index in [0.717, 1.165) is 5.57 Å². The molecule has 1 fully saturated rings. The minimum absolute atomic E-state index is 0.128. The molecule has 0 radical (unpaired) electrons. The van der Waals surface area contributed by atoms with Gasteiger partial charge in [-0.3, -0.25) is 9.59 Å². The molecular formula is C9H9NO4. The van der Waals surface area contributed by atoms with E-state index >= 15 is 0 Å². The average Bonchev–Trinajstić information content (AvgIpc) is 2.79. The summed E-state index contributed by atoms with van der Waals surface area (Å²) in [7, 11) is 0. The fourth-order valence-corrected chi connectivity index (χ4v) is 1.27. The average molecular weight is 195 g/mol. The van der Waals surface area contributed by atoms with Gasteiger partial charge in [0, 0.05) is 12.8 Å². The number of imide groups is 1. The second-order valence-electron chi connectivity index (χ2n) is 3.38. The molecular weight excluding hydrogens is 186 g/mol. The largest absolute Gasteiger partial charge is 0.344 e. The third-order valence-corrected chi connectivity index (χ3v) is 2.25. The van der Waals surface area contributed by atoms with E-state index in [9.17, 15) is 14.4 Å². The molecule has 2 aliphatic rings. The first-order valence-electron chi connectivity index (χ1n) is 4.35. The zero-order valence-corrected chi connectivity index (χ0v) is 7.65. The quantitative estimate of drug-likeness (QED) is 0.465. The number of rotatable bonds is 2. The van der Waals surface area contributed by atoms with E-state index in [-0.39, 0.29) is 18.8 Å². The number of hydrogen-bond acceptors (Lipinski definition) is 4. The van der Waals surface area contributed by atoms with Crippen LogP contribution in [0.5, 0.6) is 0 Å². The van der Waals surface area contributed by atoms with Crippen molar-refractivity contribution in [3.63, 3.8) is 0 Å². The van der Waals surface area contributed by atoms with Crippen LogP contribution in [0.25, 0.3) is 0 Å². The Kier molecular flexibility index (Phi) is 1.87. The summed E-state index contributed by atoms with van der Waals surface area (Å²) >= 11 is 0. The lowest BCUT2D eigenvalue weighted by Crippen LogP contribution is -2.32. The summed E-state index contributed by atoms with van der Waals surface area (Å²) in [5.41, 5.74) is 0.911. The van der Waals surface area contributed by atoms with Crippen molar-refractivity contribution in [3.05, 3.63) is 11.6 Å². The van der Waals surface area contributed by atoms with Gasteiger partial charge in [-0.1, -0.05) is 11.6 Å². The highest BCUT2D eigenvalue weighted by Crippen LogP contribution is 2.29. The Morgan fingerprint density at radius 3 is 2.36 bits per heavy atom. The Bertz CT molecular complexity index is 342. The highest BCUT2D eigenvalue weighted by atomic mass is 16.7. The Morgan fingerprint density at radius 1 is 1.43 bits per heavy atom. The molecule has 1 atom stereocenters. The van der Waals surface area contributed by atoms with Crippen molar-refractivity contribution in [2.45, 2.75) is 19.8 Å². The van der Waals surface area contributed by atoms with Gasteiger partial charge in [0.2, 0.25) is 0 Å². The Balaban J connectivity index is 1.94. The topological polar surface area (TPSA) is 63.7 Å². The molecule has 1 aliphatic heterocycles. The van der Waals surface area contributed by atoms with E-state index in [1.807, 2.05) is 0 Å². The van der Waals surface area contributed by atoms with Crippen LogP contribution in [0.15, 0.2) is 11.6 Å². The molecule has 5 heteroatoms. The van der Waals surface area contributed by atoms with E-state index in [1.54, 1.807) is 13.0 Å². The van der Waals surface area contributed by atoms with Crippen LogP contribution < -0.4 is 0 Å². The molecule has 1 unspecified atom stereocenters. The van der Waals surface area contributed by atoms with Gasteiger partial charge >= 0.3 is 5.97 Å². The maximum absolute atomic E-state index is 11.2. The van der Waals surface area contributed by atoms with Crippen molar-refractivity contribution >= 4 is 17.8 Å². The zero-order chi connectivity index (χ0) is 10.3. The normalized spacial score (nSPS) is 25.1. The number of hydrogen-bond donors (Lipinski definition) is 0.